The minimum atomic E-state index is -1.17. The summed E-state index contributed by atoms with van der Waals surface area (Å²) in [4.78, 5) is 73.2. The number of esters is 2. The van der Waals surface area contributed by atoms with Crippen LogP contribution >= 0.6 is 0 Å². The lowest BCUT2D eigenvalue weighted by Gasteiger charge is -2.28. The monoisotopic (exact) mass is 681 g/mol. The summed E-state index contributed by atoms with van der Waals surface area (Å²) in [5.74, 6) is -2.84. The third-order valence-electron chi connectivity index (χ3n) is 7.20. The minimum absolute atomic E-state index is 0.0316. The lowest BCUT2D eigenvalue weighted by Crippen LogP contribution is -2.53. The zero-order valence-corrected chi connectivity index (χ0v) is 29.7. The van der Waals surface area contributed by atoms with Crippen LogP contribution in [0.1, 0.15) is 100 Å². The smallest absolute Gasteiger partial charge is 0.411 e. The molecule has 2 rings (SSSR count). The number of nitrogens with one attached hydrogen (secondary N) is 2. The fourth-order valence-electron chi connectivity index (χ4n) is 4.97. The number of amides is 3. The van der Waals surface area contributed by atoms with E-state index >= 15 is 0 Å². The van der Waals surface area contributed by atoms with Crippen LogP contribution in [0.4, 0.5) is 9.59 Å². The van der Waals surface area contributed by atoms with Gasteiger partial charge in [0.05, 0.1) is 13.2 Å². The zero-order valence-electron chi connectivity index (χ0n) is 29.7. The molecule has 0 spiro atoms. The molecule has 1 aliphatic carbocycles. The van der Waals surface area contributed by atoms with E-state index < -0.39 is 70.9 Å². The van der Waals surface area contributed by atoms with Gasteiger partial charge in [-0.15, -0.1) is 13.2 Å². The number of hydrogen-bond donors (Lipinski definition) is 3. The molecule has 0 aromatic heterocycles. The zero-order chi connectivity index (χ0) is 36.9. The number of hydrogen-bond acceptors (Lipinski definition) is 10. The highest BCUT2D eigenvalue weighted by atomic mass is 16.6. The topological polar surface area (TPSA) is 187 Å². The van der Waals surface area contributed by atoms with E-state index in [1.807, 2.05) is 6.08 Å². The van der Waals surface area contributed by atoms with Gasteiger partial charge in [0.25, 0.3) is 0 Å². The minimum Gasteiger partial charge on any atom is -0.480 e. The van der Waals surface area contributed by atoms with Crippen LogP contribution in [0, 0.1) is 5.92 Å². The largest absolute Gasteiger partial charge is 0.480 e. The molecule has 48 heavy (non-hydrogen) atoms. The van der Waals surface area contributed by atoms with Crippen molar-refractivity contribution in [2.75, 3.05) is 13.2 Å². The average molecular weight is 682 g/mol. The van der Waals surface area contributed by atoms with E-state index in [0.29, 0.717) is 12.8 Å². The van der Waals surface area contributed by atoms with Crippen molar-refractivity contribution >= 4 is 36.0 Å². The van der Waals surface area contributed by atoms with Crippen LogP contribution in [0.2, 0.25) is 0 Å². The molecule has 14 nitrogen and oxygen atoms in total. The molecule has 0 aromatic rings. The molecule has 3 N–H and O–H groups in total. The second kappa shape index (κ2) is 18.4. The molecule has 1 heterocycles. The Labute approximate surface area is 283 Å². The highest BCUT2D eigenvalue weighted by Gasteiger charge is 2.62. The number of nitrogens with zero attached hydrogens (tertiary/aromatic N) is 1. The number of carbonyl (C=O) groups excluding carboxylic acids is 5. The van der Waals surface area contributed by atoms with Crippen LogP contribution in [0.5, 0.6) is 0 Å². The van der Waals surface area contributed by atoms with E-state index in [-0.39, 0.29) is 25.5 Å². The first kappa shape index (κ1) is 41.9. The van der Waals surface area contributed by atoms with Crippen LogP contribution in [0.3, 0.4) is 0 Å². The Morgan fingerprint density at radius 1 is 1.00 bits per heavy atom. The molecule has 14 heteroatoms. The van der Waals surface area contributed by atoms with Crippen LogP contribution in [0.25, 0.3) is 0 Å². The molecule has 2 aliphatic rings. The summed E-state index contributed by atoms with van der Waals surface area (Å²) < 4.78 is 20.7. The molecule has 0 bridgehead atoms. The number of alkyl carbamates (subject to hydrolysis) is 1. The number of carboxylic acids is 1. The Balaban J connectivity index is 0.000000528. The van der Waals surface area contributed by atoms with E-state index in [0.717, 1.165) is 25.7 Å². The molecule has 1 aliphatic heterocycles. The molecule has 1 saturated heterocycles. The first-order valence-corrected chi connectivity index (χ1v) is 16.3. The van der Waals surface area contributed by atoms with Gasteiger partial charge >= 0.3 is 30.1 Å². The van der Waals surface area contributed by atoms with Crippen LogP contribution in [0.15, 0.2) is 25.3 Å². The number of carbonyl (C=O) groups is 6. The van der Waals surface area contributed by atoms with E-state index in [4.69, 9.17) is 24.1 Å². The van der Waals surface area contributed by atoms with E-state index in [2.05, 4.69) is 23.8 Å². The van der Waals surface area contributed by atoms with Gasteiger partial charge in [-0.1, -0.05) is 25.0 Å². The van der Waals surface area contributed by atoms with Crippen molar-refractivity contribution in [1.29, 1.82) is 0 Å². The van der Waals surface area contributed by atoms with Crippen LogP contribution < -0.4 is 10.6 Å². The average Bonchev–Trinajstić information content (AvgIpc) is 3.49. The molecule has 2 fully saturated rings. The van der Waals surface area contributed by atoms with Gasteiger partial charge in [-0.3, -0.25) is 14.5 Å². The van der Waals surface area contributed by atoms with Crippen LogP contribution in [-0.2, 0) is 38.1 Å². The Hall–Kier alpha value is -4.10. The number of ether oxygens (including phenoxy) is 4. The SMILES string of the molecule is C=CCCCCCC(NC(=O)OC(C)(C)C)C(=O)O.C=C[C@@H]1C[C@]1(NC(=O)[C@@H]1C[C@@H](OC(C)=O)CN1C(=O)OC(C)(C)C)C(=O)OCC. The van der Waals surface area contributed by atoms with Gasteiger partial charge in [0.1, 0.15) is 34.9 Å². The van der Waals surface area contributed by atoms with Gasteiger partial charge < -0.3 is 34.7 Å². The Morgan fingerprint density at radius 3 is 2.10 bits per heavy atom. The summed E-state index contributed by atoms with van der Waals surface area (Å²) in [5.41, 5.74) is -2.56. The van der Waals surface area contributed by atoms with Crippen molar-refractivity contribution in [1.82, 2.24) is 15.5 Å². The standard InChI is InChI=1S/C20H30N2O7.C14H25NO4/c1-7-13-10-20(13,17(25)27-8-2)21-16(24)15-9-14(28-12(3)23)11-22(15)18(26)29-19(4,5)6;1-5-6-7-8-9-10-11(12(16)17)15-13(18)19-14(2,3)4/h7,13-15H,1,8-11H2,2-6H3,(H,21,24);5,11H,1,6-10H2,2-4H3,(H,15,18)(H,16,17)/t13-,14-,15+,20-;/m1./s1. The molecule has 1 saturated carbocycles. The van der Waals surface area contributed by atoms with Crippen molar-refractivity contribution in [3.8, 4) is 0 Å². The normalized spacial score (nSPS) is 22.1. The molecular weight excluding hydrogens is 626 g/mol. The predicted molar refractivity (Wildman–Crippen MR) is 177 cm³/mol. The highest BCUT2D eigenvalue weighted by molar-refractivity contribution is 5.95. The van der Waals surface area contributed by atoms with Gasteiger partial charge in [-0.25, -0.2) is 19.2 Å². The Kier molecular flexibility index (Phi) is 16.1. The molecule has 0 aromatic carbocycles. The quantitative estimate of drug-likeness (QED) is 0.100. The van der Waals surface area contributed by atoms with E-state index in [1.165, 1.54) is 11.8 Å². The maximum atomic E-state index is 13.0. The van der Waals surface area contributed by atoms with Crippen molar-refractivity contribution in [2.24, 2.45) is 5.92 Å². The Bertz CT molecular complexity index is 1170. The van der Waals surface area contributed by atoms with Gasteiger partial charge in [-0.2, -0.15) is 0 Å². The number of unbranched alkanes of at least 4 members (excludes halogenated alkanes) is 3. The third-order valence-corrected chi connectivity index (χ3v) is 7.20. The number of likely N-dealkylation sites (tertiary alicyclic amines) is 1. The molecule has 0 radical (unpaired) electrons. The maximum absolute atomic E-state index is 13.0. The fraction of sp³-hybridized carbons (Fsp3) is 0.706. The summed E-state index contributed by atoms with van der Waals surface area (Å²) in [7, 11) is 0. The molecule has 5 atom stereocenters. The lowest BCUT2D eigenvalue weighted by molar-refractivity contribution is -0.149. The molecule has 1 unspecified atom stereocenters. The fourth-order valence-corrected chi connectivity index (χ4v) is 4.97. The first-order valence-electron chi connectivity index (χ1n) is 16.3. The summed E-state index contributed by atoms with van der Waals surface area (Å²) in [6, 6.07) is -1.83. The van der Waals surface area contributed by atoms with Gasteiger partial charge in [-0.05, 0) is 74.1 Å². The Morgan fingerprint density at radius 2 is 1.62 bits per heavy atom. The summed E-state index contributed by atoms with van der Waals surface area (Å²) in [5, 5.41) is 14.2. The molecule has 272 valence electrons. The maximum Gasteiger partial charge on any atom is 0.411 e. The van der Waals surface area contributed by atoms with Gasteiger partial charge in [0.15, 0.2) is 0 Å². The first-order chi connectivity index (χ1) is 22.2. The highest BCUT2D eigenvalue weighted by Crippen LogP contribution is 2.45. The second-order valence-corrected chi connectivity index (χ2v) is 13.8. The third kappa shape index (κ3) is 14.3. The number of aliphatic carboxylic acids is 1. The van der Waals surface area contributed by atoms with E-state index in [1.54, 1.807) is 54.5 Å². The van der Waals surface area contributed by atoms with E-state index in [9.17, 15) is 28.8 Å². The number of rotatable bonds is 14. The summed E-state index contributed by atoms with van der Waals surface area (Å²) in [6.45, 7) is 20.8. The summed E-state index contributed by atoms with van der Waals surface area (Å²) >= 11 is 0. The number of carboxylic acid groups (broad SMARTS) is 1. The lowest BCUT2D eigenvalue weighted by atomic mass is 10.1. The molecular formula is C34H55N3O11. The van der Waals surface area contributed by atoms with Crippen molar-refractivity contribution in [3.63, 3.8) is 0 Å². The predicted octanol–water partition coefficient (Wildman–Crippen LogP) is 4.65. The van der Waals surface area contributed by atoms with Crippen molar-refractivity contribution in [2.45, 2.75) is 135 Å². The van der Waals surface area contributed by atoms with Crippen LogP contribution in [-0.4, -0.2) is 94.1 Å². The van der Waals surface area contributed by atoms with Gasteiger partial charge in [0, 0.05) is 19.3 Å². The second-order valence-electron chi connectivity index (χ2n) is 13.8. The molecule has 3 amide bonds. The van der Waals surface area contributed by atoms with Crippen molar-refractivity contribution in [3.05, 3.63) is 25.3 Å². The number of allylic oxidation sites excluding steroid dienone is 1. The van der Waals surface area contributed by atoms with Crippen molar-refractivity contribution < 1.29 is 52.8 Å². The van der Waals surface area contributed by atoms with Gasteiger partial charge in [0.2, 0.25) is 5.91 Å². The summed E-state index contributed by atoms with van der Waals surface area (Å²) in [6.07, 6.45) is 5.92.